The van der Waals surface area contributed by atoms with Gasteiger partial charge in [0.2, 0.25) is 0 Å². The van der Waals surface area contributed by atoms with Crippen molar-refractivity contribution in [2.45, 2.75) is 44.3 Å². The second-order valence-corrected chi connectivity index (χ2v) is 7.70. The van der Waals surface area contributed by atoms with Crippen molar-refractivity contribution in [1.82, 2.24) is 5.32 Å². The first-order chi connectivity index (χ1) is 10.1. The van der Waals surface area contributed by atoms with Crippen LogP contribution >= 0.6 is 35.6 Å². The maximum absolute atomic E-state index is 6.10. The molecule has 1 saturated carbocycles. The lowest BCUT2D eigenvalue weighted by Gasteiger charge is -2.21. The van der Waals surface area contributed by atoms with Gasteiger partial charge in [0.1, 0.15) is 0 Å². The molecule has 0 spiro atoms. The van der Waals surface area contributed by atoms with Crippen LogP contribution < -0.4 is 10.6 Å². The van der Waals surface area contributed by atoms with E-state index in [4.69, 9.17) is 23.8 Å². The van der Waals surface area contributed by atoms with Crippen molar-refractivity contribution in [3.63, 3.8) is 0 Å². The Hall–Kier alpha value is -0.450. The smallest absolute Gasteiger partial charge is 0.170 e. The van der Waals surface area contributed by atoms with E-state index in [1.165, 1.54) is 32.1 Å². The maximum Gasteiger partial charge on any atom is 0.170 e. The normalized spacial score (nSPS) is 15.7. The second kappa shape index (κ2) is 8.86. The van der Waals surface area contributed by atoms with Crippen molar-refractivity contribution < 1.29 is 0 Å². The minimum absolute atomic E-state index is 0.666. The van der Waals surface area contributed by atoms with Crippen LogP contribution in [0.1, 0.15) is 37.7 Å². The second-order valence-electron chi connectivity index (χ2n) is 5.48. The predicted octanol–water partition coefficient (Wildman–Crippen LogP) is 5.00. The van der Waals surface area contributed by atoms with Crippen molar-refractivity contribution in [2.75, 3.05) is 17.6 Å². The molecule has 1 fully saturated rings. The van der Waals surface area contributed by atoms with E-state index in [1.807, 2.05) is 25.1 Å². The summed E-state index contributed by atoms with van der Waals surface area (Å²) in [7, 11) is 0. The molecular formula is C16H23ClN2S2. The van der Waals surface area contributed by atoms with Gasteiger partial charge in [-0.3, -0.25) is 0 Å². The SMILES string of the molecule is Cc1ccc(NC(=S)NCCSC2CCCCC2)cc1Cl. The lowest BCUT2D eigenvalue weighted by molar-refractivity contribution is 0.516. The molecule has 1 aliphatic rings. The Kier molecular flexibility index (Phi) is 7.14. The van der Waals surface area contributed by atoms with Gasteiger partial charge in [-0.2, -0.15) is 11.8 Å². The predicted molar refractivity (Wildman–Crippen MR) is 99.7 cm³/mol. The third-order valence-electron chi connectivity index (χ3n) is 3.72. The van der Waals surface area contributed by atoms with Gasteiger partial charge in [-0.15, -0.1) is 0 Å². The van der Waals surface area contributed by atoms with Gasteiger partial charge in [0, 0.05) is 28.3 Å². The Balaban J connectivity index is 1.63. The van der Waals surface area contributed by atoms with Gasteiger partial charge in [0.05, 0.1) is 0 Å². The number of halogens is 1. The monoisotopic (exact) mass is 342 g/mol. The Morgan fingerprint density at radius 3 is 2.81 bits per heavy atom. The average Bonchev–Trinajstić information content (AvgIpc) is 2.49. The molecule has 0 saturated heterocycles. The zero-order chi connectivity index (χ0) is 15.1. The number of benzene rings is 1. The molecule has 5 heteroatoms. The summed E-state index contributed by atoms with van der Waals surface area (Å²) in [6.07, 6.45) is 6.99. The highest BCUT2D eigenvalue weighted by molar-refractivity contribution is 7.99. The van der Waals surface area contributed by atoms with E-state index in [0.29, 0.717) is 5.11 Å². The Bertz CT molecular complexity index is 473. The number of hydrogen-bond acceptors (Lipinski definition) is 2. The summed E-state index contributed by atoms with van der Waals surface area (Å²) in [4.78, 5) is 0. The van der Waals surface area contributed by atoms with Gasteiger partial charge >= 0.3 is 0 Å². The third kappa shape index (κ3) is 6.05. The van der Waals surface area contributed by atoms with Crippen LogP contribution in [0.25, 0.3) is 0 Å². The molecule has 1 aliphatic carbocycles. The summed E-state index contributed by atoms with van der Waals surface area (Å²) >= 11 is 13.5. The fourth-order valence-electron chi connectivity index (χ4n) is 2.47. The zero-order valence-corrected chi connectivity index (χ0v) is 14.8. The molecule has 0 radical (unpaired) electrons. The molecule has 0 heterocycles. The molecule has 0 bridgehead atoms. The van der Waals surface area contributed by atoms with Crippen LogP contribution in [-0.2, 0) is 0 Å². The standard InChI is InChI=1S/C16H23ClN2S2/c1-12-7-8-13(11-15(12)17)19-16(20)18-9-10-21-14-5-3-2-4-6-14/h7-8,11,14H,2-6,9-10H2,1H3,(H2,18,19,20). The van der Waals surface area contributed by atoms with E-state index in [2.05, 4.69) is 22.4 Å². The van der Waals surface area contributed by atoms with E-state index >= 15 is 0 Å². The summed E-state index contributed by atoms with van der Waals surface area (Å²) in [6, 6.07) is 5.89. The summed E-state index contributed by atoms with van der Waals surface area (Å²) < 4.78 is 0. The Morgan fingerprint density at radius 1 is 1.33 bits per heavy atom. The van der Waals surface area contributed by atoms with Crippen LogP contribution in [-0.4, -0.2) is 22.7 Å². The van der Waals surface area contributed by atoms with E-state index in [9.17, 15) is 0 Å². The van der Waals surface area contributed by atoms with Crippen LogP contribution in [0.2, 0.25) is 5.02 Å². The van der Waals surface area contributed by atoms with Crippen molar-refractivity contribution in [3.05, 3.63) is 28.8 Å². The Morgan fingerprint density at radius 2 is 2.10 bits per heavy atom. The molecule has 1 aromatic rings. The van der Waals surface area contributed by atoms with Crippen molar-refractivity contribution >= 4 is 46.4 Å². The largest absolute Gasteiger partial charge is 0.362 e. The van der Waals surface area contributed by atoms with Crippen LogP contribution in [0.5, 0.6) is 0 Å². The maximum atomic E-state index is 6.10. The highest BCUT2D eigenvalue weighted by Gasteiger charge is 2.13. The fraction of sp³-hybridized carbons (Fsp3) is 0.562. The molecule has 21 heavy (non-hydrogen) atoms. The lowest BCUT2D eigenvalue weighted by atomic mass is 10.0. The molecule has 0 unspecified atom stereocenters. The number of anilines is 1. The minimum Gasteiger partial charge on any atom is -0.362 e. The van der Waals surface area contributed by atoms with E-state index < -0.39 is 0 Å². The van der Waals surface area contributed by atoms with Crippen LogP contribution in [0, 0.1) is 6.92 Å². The molecule has 0 aliphatic heterocycles. The topological polar surface area (TPSA) is 24.1 Å². The third-order valence-corrected chi connectivity index (χ3v) is 5.76. The number of hydrogen-bond donors (Lipinski definition) is 2. The van der Waals surface area contributed by atoms with Crippen LogP contribution in [0.4, 0.5) is 5.69 Å². The van der Waals surface area contributed by atoms with E-state index in [0.717, 1.165) is 33.8 Å². The number of thiocarbonyl (C=S) groups is 1. The summed E-state index contributed by atoms with van der Waals surface area (Å²) in [5.74, 6) is 1.11. The van der Waals surface area contributed by atoms with Crippen molar-refractivity contribution in [3.8, 4) is 0 Å². The van der Waals surface area contributed by atoms with Gasteiger partial charge in [-0.1, -0.05) is 36.9 Å². The first-order valence-corrected chi connectivity index (χ1v) is 9.41. The van der Waals surface area contributed by atoms with Gasteiger partial charge in [-0.05, 0) is 49.7 Å². The summed E-state index contributed by atoms with van der Waals surface area (Å²) in [6.45, 7) is 2.90. The molecule has 0 atom stereocenters. The average molecular weight is 343 g/mol. The molecule has 0 aromatic heterocycles. The fourth-order valence-corrected chi connectivity index (χ4v) is 4.09. The number of nitrogens with one attached hydrogen (secondary N) is 2. The number of aryl methyl sites for hydroxylation is 1. The molecule has 2 rings (SSSR count). The van der Waals surface area contributed by atoms with Crippen molar-refractivity contribution in [2.24, 2.45) is 0 Å². The molecule has 0 amide bonds. The van der Waals surface area contributed by atoms with Crippen LogP contribution in [0.15, 0.2) is 18.2 Å². The van der Waals surface area contributed by atoms with Gasteiger partial charge in [0.15, 0.2) is 5.11 Å². The van der Waals surface area contributed by atoms with Gasteiger partial charge in [0.25, 0.3) is 0 Å². The van der Waals surface area contributed by atoms with E-state index in [1.54, 1.807) is 0 Å². The minimum atomic E-state index is 0.666. The lowest BCUT2D eigenvalue weighted by Crippen LogP contribution is -2.30. The number of rotatable bonds is 5. The van der Waals surface area contributed by atoms with E-state index in [-0.39, 0.29) is 0 Å². The highest BCUT2D eigenvalue weighted by Crippen LogP contribution is 2.27. The first-order valence-electron chi connectivity index (χ1n) is 7.58. The molecule has 116 valence electrons. The Labute approximate surface area is 142 Å². The molecule has 1 aromatic carbocycles. The van der Waals surface area contributed by atoms with Gasteiger partial charge < -0.3 is 10.6 Å². The van der Waals surface area contributed by atoms with Crippen molar-refractivity contribution in [1.29, 1.82) is 0 Å². The number of thioether (sulfide) groups is 1. The summed E-state index contributed by atoms with van der Waals surface area (Å²) in [5.41, 5.74) is 2.01. The molecule has 2 N–H and O–H groups in total. The van der Waals surface area contributed by atoms with Gasteiger partial charge in [-0.25, -0.2) is 0 Å². The van der Waals surface area contributed by atoms with Crippen LogP contribution in [0.3, 0.4) is 0 Å². The quantitative estimate of drug-likeness (QED) is 0.580. The first kappa shape index (κ1) is 16.9. The zero-order valence-electron chi connectivity index (χ0n) is 12.5. The molecular weight excluding hydrogens is 320 g/mol. The molecule has 2 nitrogen and oxygen atoms in total. The highest BCUT2D eigenvalue weighted by atomic mass is 35.5. The summed E-state index contributed by atoms with van der Waals surface area (Å²) in [5, 5.41) is 8.72.